The highest BCUT2D eigenvalue weighted by molar-refractivity contribution is 5.85. The molecule has 2 aromatic rings. The van der Waals surface area contributed by atoms with E-state index in [9.17, 15) is 4.79 Å². The van der Waals surface area contributed by atoms with Crippen LogP contribution in [0.25, 0.3) is 11.1 Å². The van der Waals surface area contributed by atoms with Gasteiger partial charge in [0.05, 0.1) is 13.3 Å². The average molecular weight is 324 g/mol. The van der Waals surface area contributed by atoms with Crippen molar-refractivity contribution in [1.29, 1.82) is 0 Å². The summed E-state index contributed by atoms with van der Waals surface area (Å²) in [6.45, 7) is 4.18. The van der Waals surface area contributed by atoms with Gasteiger partial charge in [0.25, 0.3) is 0 Å². The fourth-order valence-corrected chi connectivity index (χ4v) is 2.19. The highest BCUT2D eigenvalue weighted by atomic mass is 35.5. The molecule has 6 heteroatoms. The molecule has 0 saturated heterocycles. The van der Waals surface area contributed by atoms with Gasteiger partial charge in [-0.1, -0.05) is 24.3 Å². The summed E-state index contributed by atoms with van der Waals surface area (Å²) in [5.41, 5.74) is 7.98. The second-order valence-electron chi connectivity index (χ2n) is 5.46. The van der Waals surface area contributed by atoms with Crippen molar-refractivity contribution < 1.29 is 9.53 Å². The minimum absolute atomic E-state index is 0. The molecule has 0 fully saturated rings. The summed E-state index contributed by atoms with van der Waals surface area (Å²) in [6, 6.07) is 8.17. The van der Waals surface area contributed by atoms with Gasteiger partial charge in [0.1, 0.15) is 0 Å². The van der Waals surface area contributed by atoms with Crippen LogP contribution in [-0.2, 0) is 21.5 Å². The Hall–Kier alpha value is -1.85. The maximum atomic E-state index is 11.8. The van der Waals surface area contributed by atoms with E-state index in [1.165, 1.54) is 12.7 Å². The lowest BCUT2D eigenvalue weighted by molar-refractivity contribution is -0.150. The number of hydrogen-bond donors (Lipinski definition) is 1. The molecule has 1 aromatic heterocycles. The molecule has 0 saturated carbocycles. The molecule has 0 spiro atoms. The maximum absolute atomic E-state index is 11.8. The molecule has 0 unspecified atom stereocenters. The summed E-state index contributed by atoms with van der Waals surface area (Å²) in [5.74, 6) is -0.325. The summed E-state index contributed by atoms with van der Waals surface area (Å²) < 4.78 is 6.45. The first-order valence-electron chi connectivity index (χ1n) is 6.92. The average Bonchev–Trinajstić information content (AvgIpc) is 2.97. The van der Waals surface area contributed by atoms with E-state index < -0.39 is 5.54 Å². The summed E-state index contributed by atoms with van der Waals surface area (Å²) >= 11 is 0. The highest BCUT2D eigenvalue weighted by Crippen LogP contribution is 2.24. The van der Waals surface area contributed by atoms with E-state index >= 15 is 0 Å². The van der Waals surface area contributed by atoms with Gasteiger partial charge in [-0.2, -0.15) is 5.10 Å². The molecule has 1 heterocycles. The molecular weight excluding hydrogens is 302 g/mol. The van der Waals surface area contributed by atoms with Gasteiger partial charge in [0.15, 0.2) is 5.54 Å². The monoisotopic (exact) mass is 323 g/mol. The molecule has 0 aliphatic carbocycles. The molecule has 5 nitrogen and oxygen atoms in total. The lowest BCUT2D eigenvalue weighted by atomic mass is 10.0. The van der Waals surface area contributed by atoms with Gasteiger partial charge in [-0.15, -0.1) is 12.4 Å². The molecule has 120 valence electrons. The predicted molar refractivity (Wildman–Crippen MR) is 89.0 cm³/mol. The second-order valence-corrected chi connectivity index (χ2v) is 5.46. The second kappa shape index (κ2) is 7.42. The van der Waals surface area contributed by atoms with E-state index in [0.29, 0.717) is 6.54 Å². The molecule has 1 aromatic carbocycles. The molecule has 2 N–H and O–H groups in total. The number of carbonyl (C=O) groups excluding carboxylic acids is 1. The van der Waals surface area contributed by atoms with Crippen molar-refractivity contribution >= 4 is 18.4 Å². The van der Waals surface area contributed by atoms with Crippen LogP contribution >= 0.6 is 12.4 Å². The van der Waals surface area contributed by atoms with Crippen LogP contribution in [0, 0.1) is 0 Å². The largest absolute Gasteiger partial charge is 0.467 e. The minimum Gasteiger partial charge on any atom is -0.467 e. The Morgan fingerprint density at radius 3 is 2.73 bits per heavy atom. The number of ether oxygens (including phenoxy) is 1. The number of nitrogens with two attached hydrogens (primary N) is 1. The number of benzene rings is 1. The third kappa shape index (κ3) is 3.67. The van der Waals surface area contributed by atoms with Crippen LogP contribution in [0.2, 0.25) is 0 Å². The number of rotatable bonds is 5. The summed E-state index contributed by atoms with van der Waals surface area (Å²) in [6.07, 6.45) is 4.46. The molecule has 0 radical (unpaired) electrons. The molecule has 0 atom stereocenters. The van der Waals surface area contributed by atoms with E-state index in [0.717, 1.165) is 17.5 Å². The van der Waals surface area contributed by atoms with Gasteiger partial charge in [0, 0.05) is 11.8 Å². The van der Waals surface area contributed by atoms with Gasteiger partial charge in [0.2, 0.25) is 0 Å². The lowest BCUT2D eigenvalue weighted by Gasteiger charge is -2.21. The highest BCUT2D eigenvalue weighted by Gasteiger charge is 2.31. The Labute approximate surface area is 136 Å². The zero-order valence-corrected chi connectivity index (χ0v) is 13.9. The Balaban J connectivity index is 0.00000242. The van der Waals surface area contributed by atoms with Crippen LogP contribution in [0.4, 0.5) is 0 Å². The van der Waals surface area contributed by atoms with Crippen molar-refractivity contribution in [3.05, 3.63) is 42.2 Å². The quantitative estimate of drug-likeness (QED) is 0.858. The van der Waals surface area contributed by atoms with Crippen molar-refractivity contribution in [1.82, 2.24) is 9.78 Å². The van der Waals surface area contributed by atoms with E-state index in [-0.39, 0.29) is 18.4 Å². The molecule has 0 aliphatic rings. The van der Waals surface area contributed by atoms with E-state index in [4.69, 9.17) is 10.5 Å². The number of hydrogen-bond acceptors (Lipinski definition) is 4. The number of halogens is 1. The normalized spacial score (nSPS) is 10.9. The number of methoxy groups -OCH3 is 1. The van der Waals surface area contributed by atoms with Gasteiger partial charge in [-0.3, -0.25) is 4.68 Å². The van der Waals surface area contributed by atoms with Crippen molar-refractivity contribution in [3.63, 3.8) is 0 Å². The van der Waals surface area contributed by atoms with Crippen LogP contribution in [0.1, 0.15) is 19.4 Å². The van der Waals surface area contributed by atoms with Gasteiger partial charge < -0.3 is 10.5 Å². The third-order valence-electron chi connectivity index (χ3n) is 3.53. The Kier molecular flexibility index (Phi) is 6.14. The standard InChI is InChI=1S/C16H21N3O2.ClH/c1-16(2,15(20)21-3)19-11-14(10-18-19)13-6-4-5-12(9-13)7-8-17;/h4-6,9-11H,7-8,17H2,1-3H3;1H. The van der Waals surface area contributed by atoms with E-state index in [1.807, 2.05) is 18.3 Å². The van der Waals surface area contributed by atoms with Crippen molar-refractivity contribution in [3.8, 4) is 11.1 Å². The smallest absolute Gasteiger partial charge is 0.333 e. The number of nitrogens with zero attached hydrogens (tertiary/aromatic N) is 2. The fourth-order valence-electron chi connectivity index (χ4n) is 2.19. The Morgan fingerprint density at radius 1 is 1.36 bits per heavy atom. The van der Waals surface area contributed by atoms with Crippen LogP contribution in [0.3, 0.4) is 0 Å². The molecule has 0 amide bonds. The number of carbonyl (C=O) groups is 1. The first-order valence-corrected chi connectivity index (χ1v) is 6.92. The minimum atomic E-state index is -0.831. The lowest BCUT2D eigenvalue weighted by Crippen LogP contribution is -2.37. The van der Waals surface area contributed by atoms with Crippen molar-refractivity contribution in [2.45, 2.75) is 25.8 Å². The predicted octanol–water partition coefficient (Wildman–Crippen LogP) is 2.38. The van der Waals surface area contributed by atoms with E-state index in [1.54, 1.807) is 24.7 Å². The first-order chi connectivity index (χ1) is 9.98. The van der Waals surface area contributed by atoms with Gasteiger partial charge in [-0.25, -0.2) is 4.79 Å². The van der Waals surface area contributed by atoms with Crippen LogP contribution in [-0.4, -0.2) is 29.4 Å². The van der Waals surface area contributed by atoms with Gasteiger partial charge >= 0.3 is 5.97 Å². The van der Waals surface area contributed by atoms with Crippen LogP contribution in [0.15, 0.2) is 36.7 Å². The maximum Gasteiger partial charge on any atom is 0.333 e. The summed E-state index contributed by atoms with van der Waals surface area (Å²) in [4.78, 5) is 11.8. The van der Waals surface area contributed by atoms with E-state index in [2.05, 4.69) is 17.2 Å². The van der Waals surface area contributed by atoms with Crippen LogP contribution < -0.4 is 5.73 Å². The zero-order valence-electron chi connectivity index (χ0n) is 13.1. The molecule has 0 bridgehead atoms. The fraction of sp³-hybridized carbons (Fsp3) is 0.375. The summed E-state index contributed by atoms with van der Waals surface area (Å²) in [5, 5.41) is 4.30. The Bertz CT molecular complexity index is 638. The Morgan fingerprint density at radius 2 is 2.09 bits per heavy atom. The topological polar surface area (TPSA) is 70.1 Å². The SMILES string of the molecule is COC(=O)C(C)(C)n1cc(-c2cccc(CCN)c2)cn1.Cl. The van der Waals surface area contributed by atoms with Crippen molar-refractivity contribution in [2.75, 3.05) is 13.7 Å². The number of esters is 1. The number of aromatic nitrogens is 2. The van der Waals surface area contributed by atoms with Crippen LogP contribution in [0.5, 0.6) is 0 Å². The van der Waals surface area contributed by atoms with Gasteiger partial charge in [-0.05, 0) is 37.9 Å². The molecule has 2 rings (SSSR count). The summed E-state index contributed by atoms with van der Waals surface area (Å²) in [7, 11) is 1.38. The molecule has 0 aliphatic heterocycles. The first kappa shape index (κ1) is 18.2. The molecule has 22 heavy (non-hydrogen) atoms. The third-order valence-corrected chi connectivity index (χ3v) is 3.53. The van der Waals surface area contributed by atoms with Crippen molar-refractivity contribution in [2.24, 2.45) is 5.73 Å². The molecular formula is C16H22ClN3O2. The zero-order chi connectivity index (χ0) is 15.5.